The van der Waals surface area contributed by atoms with E-state index in [1.165, 1.54) is 12.1 Å². The van der Waals surface area contributed by atoms with E-state index >= 15 is 0 Å². The second-order valence-corrected chi connectivity index (χ2v) is 7.26. The number of fused-ring (bicyclic) bond motifs is 3. The van der Waals surface area contributed by atoms with E-state index in [1.807, 2.05) is 19.9 Å². The van der Waals surface area contributed by atoms with Gasteiger partial charge in [-0.3, -0.25) is 4.79 Å². The maximum atomic E-state index is 13.0. The van der Waals surface area contributed by atoms with Crippen LogP contribution in [0.15, 0.2) is 50.2 Å². The highest BCUT2D eigenvalue weighted by Crippen LogP contribution is 2.34. The molecule has 1 N–H and O–H groups in total. The summed E-state index contributed by atoms with van der Waals surface area (Å²) in [5.41, 5.74) is 4.28. The van der Waals surface area contributed by atoms with Gasteiger partial charge in [0.1, 0.15) is 17.0 Å². The maximum Gasteiger partial charge on any atom is 0.340 e. The van der Waals surface area contributed by atoms with Crippen LogP contribution in [0, 0.1) is 26.6 Å². The minimum atomic E-state index is -0.533. The lowest BCUT2D eigenvalue weighted by Gasteiger charge is -2.10. The highest BCUT2D eigenvalue weighted by Gasteiger charge is 2.19. The second kappa shape index (κ2) is 7.20. The number of carbonyl (C=O) groups excluding carboxylic acids is 1. The maximum absolute atomic E-state index is 13.0. The van der Waals surface area contributed by atoms with Crippen LogP contribution in [-0.4, -0.2) is 5.91 Å². The molecule has 0 unspecified atom stereocenters. The number of furan rings is 1. The molecule has 0 saturated heterocycles. The van der Waals surface area contributed by atoms with Crippen LogP contribution in [0.25, 0.3) is 21.9 Å². The summed E-state index contributed by atoms with van der Waals surface area (Å²) >= 11 is 0. The summed E-state index contributed by atoms with van der Waals surface area (Å²) in [5.74, 6) is -0.651. The van der Waals surface area contributed by atoms with Gasteiger partial charge in [0.2, 0.25) is 5.91 Å². The van der Waals surface area contributed by atoms with Crippen molar-refractivity contribution in [3.8, 4) is 0 Å². The number of nitrogens with one attached hydrogen (secondary N) is 1. The number of amides is 1. The summed E-state index contributed by atoms with van der Waals surface area (Å²) in [6.07, 6.45) is 1.57. The Balaban J connectivity index is 1.67. The van der Waals surface area contributed by atoms with Crippen molar-refractivity contribution in [2.45, 2.75) is 33.7 Å². The first kappa shape index (κ1) is 18.9. The topological polar surface area (TPSA) is 72.5 Å². The van der Waals surface area contributed by atoms with E-state index in [0.717, 1.165) is 22.1 Å². The van der Waals surface area contributed by atoms with Gasteiger partial charge in [0.25, 0.3) is 0 Å². The van der Waals surface area contributed by atoms with Crippen LogP contribution in [0.5, 0.6) is 0 Å². The van der Waals surface area contributed by atoms with Gasteiger partial charge in [-0.25, -0.2) is 9.18 Å². The molecule has 4 aromatic rings. The molecule has 0 fully saturated rings. The largest absolute Gasteiger partial charge is 0.463 e. The van der Waals surface area contributed by atoms with Gasteiger partial charge < -0.3 is 14.2 Å². The van der Waals surface area contributed by atoms with Gasteiger partial charge in [0, 0.05) is 11.9 Å². The zero-order valence-corrected chi connectivity index (χ0v) is 16.4. The third-order valence-corrected chi connectivity index (χ3v) is 5.21. The molecule has 5 nitrogen and oxygen atoms in total. The number of benzene rings is 2. The van der Waals surface area contributed by atoms with E-state index in [1.54, 1.807) is 25.3 Å². The molecular weight excluding hydrogens is 373 g/mol. The fourth-order valence-corrected chi connectivity index (χ4v) is 3.70. The molecule has 0 aliphatic carbocycles. The third kappa shape index (κ3) is 3.42. The Morgan fingerprint density at radius 2 is 1.79 bits per heavy atom. The number of hydrogen-bond donors (Lipinski definition) is 1. The standard InChI is InChI=1S/C23H20FNO4/c1-12-8-18-21(22-20(12)13(2)11-28-22)14(3)17(23(27)29-18)9-19(26)25-10-15-4-6-16(24)7-5-15/h4-8,11H,9-10H2,1-3H3,(H,25,26). The Kier molecular flexibility index (Phi) is 4.70. The van der Waals surface area contributed by atoms with Crippen LogP contribution in [0.1, 0.15) is 27.8 Å². The highest BCUT2D eigenvalue weighted by molar-refractivity contribution is 6.07. The van der Waals surface area contributed by atoms with Crippen molar-refractivity contribution in [2.75, 3.05) is 0 Å². The normalized spacial score (nSPS) is 11.3. The number of aryl methyl sites for hydroxylation is 3. The smallest absolute Gasteiger partial charge is 0.340 e. The Morgan fingerprint density at radius 1 is 1.07 bits per heavy atom. The number of rotatable bonds is 4. The van der Waals surface area contributed by atoms with E-state index in [-0.39, 0.29) is 24.7 Å². The first-order valence-electron chi connectivity index (χ1n) is 9.30. The van der Waals surface area contributed by atoms with Gasteiger partial charge in [0.15, 0.2) is 0 Å². The first-order chi connectivity index (χ1) is 13.8. The zero-order chi connectivity index (χ0) is 20.7. The Hall–Kier alpha value is -3.41. The van der Waals surface area contributed by atoms with E-state index in [0.29, 0.717) is 27.7 Å². The molecule has 0 aliphatic rings. The SMILES string of the molecule is Cc1coc2c1c(C)cc1oc(=O)c(CC(=O)NCc3ccc(F)cc3)c(C)c12. The van der Waals surface area contributed by atoms with Crippen molar-refractivity contribution in [1.82, 2.24) is 5.32 Å². The average molecular weight is 393 g/mol. The average Bonchev–Trinajstić information content (AvgIpc) is 3.06. The molecule has 0 bridgehead atoms. The molecule has 2 aromatic carbocycles. The van der Waals surface area contributed by atoms with Crippen molar-refractivity contribution in [3.63, 3.8) is 0 Å². The van der Waals surface area contributed by atoms with Crippen LogP contribution in [0.3, 0.4) is 0 Å². The van der Waals surface area contributed by atoms with Crippen LogP contribution in [0.2, 0.25) is 0 Å². The fraction of sp³-hybridized carbons (Fsp3) is 0.217. The summed E-state index contributed by atoms with van der Waals surface area (Å²) in [5, 5.41) is 4.45. The lowest BCUT2D eigenvalue weighted by molar-refractivity contribution is -0.120. The van der Waals surface area contributed by atoms with E-state index in [2.05, 4.69) is 5.32 Å². The predicted octanol–water partition coefficient (Wildman–Crippen LogP) is 4.46. The molecule has 6 heteroatoms. The van der Waals surface area contributed by atoms with Gasteiger partial charge in [-0.05, 0) is 61.2 Å². The Morgan fingerprint density at radius 3 is 2.52 bits per heavy atom. The molecule has 2 aromatic heterocycles. The molecule has 4 rings (SSSR count). The molecule has 2 heterocycles. The molecule has 0 atom stereocenters. The highest BCUT2D eigenvalue weighted by atomic mass is 19.1. The minimum Gasteiger partial charge on any atom is -0.463 e. The molecule has 0 saturated carbocycles. The van der Waals surface area contributed by atoms with Crippen molar-refractivity contribution >= 4 is 27.8 Å². The number of carbonyl (C=O) groups is 1. The summed E-state index contributed by atoms with van der Waals surface area (Å²) in [6, 6.07) is 7.70. The van der Waals surface area contributed by atoms with Gasteiger partial charge in [-0.1, -0.05) is 12.1 Å². The predicted molar refractivity (Wildman–Crippen MR) is 108 cm³/mol. The molecule has 0 spiro atoms. The Labute approximate surface area is 166 Å². The quantitative estimate of drug-likeness (QED) is 0.520. The van der Waals surface area contributed by atoms with Crippen LogP contribution in [-0.2, 0) is 17.8 Å². The van der Waals surface area contributed by atoms with E-state index in [9.17, 15) is 14.0 Å². The van der Waals surface area contributed by atoms with Crippen molar-refractivity contribution in [2.24, 2.45) is 0 Å². The second-order valence-electron chi connectivity index (χ2n) is 7.26. The lowest BCUT2D eigenvalue weighted by atomic mass is 9.99. The summed E-state index contributed by atoms with van der Waals surface area (Å²) < 4.78 is 24.2. The fourth-order valence-electron chi connectivity index (χ4n) is 3.70. The van der Waals surface area contributed by atoms with Crippen molar-refractivity contribution in [1.29, 1.82) is 0 Å². The molecule has 148 valence electrons. The van der Waals surface area contributed by atoms with Crippen molar-refractivity contribution in [3.05, 3.63) is 80.6 Å². The molecule has 29 heavy (non-hydrogen) atoms. The van der Waals surface area contributed by atoms with Gasteiger partial charge in [0.05, 0.1) is 23.6 Å². The molecule has 0 radical (unpaired) electrons. The molecule has 0 aliphatic heterocycles. The number of hydrogen-bond acceptors (Lipinski definition) is 4. The van der Waals surface area contributed by atoms with Gasteiger partial charge >= 0.3 is 5.63 Å². The van der Waals surface area contributed by atoms with E-state index in [4.69, 9.17) is 8.83 Å². The number of halogens is 1. The van der Waals surface area contributed by atoms with Gasteiger partial charge in [-0.15, -0.1) is 0 Å². The lowest BCUT2D eigenvalue weighted by Crippen LogP contribution is -2.27. The molecule has 1 amide bonds. The zero-order valence-electron chi connectivity index (χ0n) is 16.4. The van der Waals surface area contributed by atoms with Crippen LogP contribution >= 0.6 is 0 Å². The Bertz CT molecular complexity index is 1300. The van der Waals surface area contributed by atoms with Crippen LogP contribution in [0.4, 0.5) is 4.39 Å². The van der Waals surface area contributed by atoms with E-state index < -0.39 is 5.63 Å². The summed E-state index contributed by atoms with van der Waals surface area (Å²) in [4.78, 5) is 25.0. The van der Waals surface area contributed by atoms with Crippen LogP contribution < -0.4 is 10.9 Å². The van der Waals surface area contributed by atoms with Gasteiger partial charge in [-0.2, -0.15) is 0 Å². The van der Waals surface area contributed by atoms with Crippen molar-refractivity contribution < 1.29 is 18.0 Å². The first-order valence-corrected chi connectivity index (χ1v) is 9.30. The summed E-state index contributed by atoms with van der Waals surface area (Å²) in [6.45, 7) is 5.95. The minimum absolute atomic E-state index is 0.111. The monoisotopic (exact) mass is 393 g/mol. The molecular formula is C23H20FNO4. The summed E-state index contributed by atoms with van der Waals surface area (Å²) in [7, 11) is 0. The third-order valence-electron chi connectivity index (χ3n) is 5.21.